The van der Waals surface area contributed by atoms with E-state index in [0.29, 0.717) is 39.3 Å². The highest BCUT2D eigenvalue weighted by molar-refractivity contribution is 5.77. The number of carbonyl (C=O) groups excluding carboxylic acids is 8. The molecule has 0 saturated carbocycles. The molecule has 494 valence electrons. The topological polar surface area (TPSA) is 230 Å². The molecule has 0 amide bonds. The van der Waals surface area contributed by atoms with Crippen LogP contribution in [0, 0.1) is 0 Å². The van der Waals surface area contributed by atoms with E-state index in [1.807, 2.05) is 24.3 Å². The summed E-state index contributed by atoms with van der Waals surface area (Å²) in [5.41, 5.74) is -4.42. The molecule has 0 bridgehead atoms. The van der Waals surface area contributed by atoms with Crippen LogP contribution in [0.3, 0.4) is 0 Å². The van der Waals surface area contributed by atoms with Crippen LogP contribution in [-0.2, 0) is 89.3 Å². The molecule has 22 heteroatoms. The standard InChI is InChI=1S/C64H112N6O16/c1-57(2,3)79-49(71)39-67(40-50(72)80-58(4,5)6)33-29-65(30-34-68(41-51(73)81-59(7,8)9)42-52(74)82-60(10,11)12)37-47-25-27-48(28-26-47)38-66(31-35-69(43-53(75)83-61(13,14)15)44-54(76)84-62(16,17)18)32-36-70(45-55(77)85-63(19,20)21)46-56(78)86-64(22,23)24/h25-28H,29-46H2,1-24H3. The smallest absolute Gasteiger partial charge is 0.320 e. The summed E-state index contributed by atoms with van der Waals surface area (Å²) in [6.45, 7) is 43.7. The van der Waals surface area contributed by atoms with Gasteiger partial charge in [0, 0.05) is 65.4 Å². The average molecular weight is 1220 g/mol. The van der Waals surface area contributed by atoms with Crippen molar-refractivity contribution in [2.24, 2.45) is 0 Å². The zero-order valence-electron chi connectivity index (χ0n) is 57.3. The molecule has 0 heterocycles. The number of hydrogen-bond acceptors (Lipinski definition) is 22. The van der Waals surface area contributed by atoms with Gasteiger partial charge in [0.25, 0.3) is 0 Å². The molecule has 0 radical (unpaired) electrons. The summed E-state index contributed by atoms with van der Waals surface area (Å²) in [5, 5.41) is 0. The zero-order chi connectivity index (χ0) is 66.5. The number of benzene rings is 1. The highest BCUT2D eigenvalue weighted by Crippen LogP contribution is 2.18. The maximum Gasteiger partial charge on any atom is 0.320 e. The Kier molecular flexibility index (Phi) is 31.1. The lowest BCUT2D eigenvalue weighted by molar-refractivity contribution is -0.162. The summed E-state index contributed by atoms with van der Waals surface area (Å²) in [6, 6.07) is 7.92. The molecule has 1 aromatic rings. The van der Waals surface area contributed by atoms with E-state index in [0.717, 1.165) is 11.1 Å². The SMILES string of the molecule is CC(C)(C)OC(=O)CN(CCN(CCN(CC(=O)OC(C)(C)C)CC(=O)OC(C)(C)C)Cc1ccc(CN(CCN(CC(=O)OC(C)(C)C)CC(=O)OC(C)(C)C)CCN(CC(=O)OC(C)(C)C)CC(=O)OC(C)(C)C)cc1)CC(=O)OC(C)(C)C. The Bertz CT molecular complexity index is 1900. The molecular formula is C64H112N6O16. The summed E-state index contributed by atoms with van der Waals surface area (Å²) in [7, 11) is 0. The molecule has 1 aromatic carbocycles. The largest absolute Gasteiger partial charge is 0.459 e. The van der Waals surface area contributed by atoms with Crippen LogP contribution in [0.4, 0.5) is 0 Å². The molecule has 0 aliphatic carbocycles. The van der Waals surface area contributed by atoms with Crippen molar-refractivity contribution in [2.75, 3.05) is 105 Å². The lowest BCUT2D eigenvalue weighted by Crippen LogP contribution is -2.46. The van der Waals surface area contributed by atoms with E-state index in [2.05, 4.69) is 9.80 Å². The first-order valence-electron chi connectivity index (χ1n) is 29.9. The maximum atomic E-state index is 13.3. The first-order valence-corrected chi connectivity index (χ1v) is 29.9. The average Bonchev–Trinajstić information content (AvgIpc) is 3.34. The first-order chi connectivity index (χ1) is 38.8. The van der Waals surface area contributed by atoms with Gasteiger partial charge in [-0.1, -0.05) is 24.3 Å². The molecule has 1 rings (SSSR count). The third-order valence-corrected chi connectivity index (χ3v) is 10.9. The van der Waals surface area contributed by atoms with Gasteiger partial charge in [-0.3, -0.25) is 67.8 Å². The van der Waals surface area contributed by atoms with Crippen molar-refractivity contribution in [1.82, 2.24) is 29.4 Å². The van der Waals surface area contributed by atoms with Crippen molar-refractivity contribution in [2.45, 2.75) is 224 Å². The van der Waals surface area contributed by atoms with Crippen LogP contribution in [0.1, 0.15) is 177 Å². The maximum absolute atomic E-state index is 13.3. The Balaban J connectivity index is 3.92. The third kappa shape index (κ3) is 43.4. The van der Waals surface area contributed by atoms with Gasteiger partial charge in [0.15, 0.2) is 0 Å². The zero-order valence-corrected chi connectivity index (χ0v) is 57.3. The fraction of sp³-hybridized carbons (Fsp3) is 0.781. The van der Waals surface area contributed by atoms with Crippen molar-refractivity contribution in [3.05, 3.63) is 35.4 Å². The molecule has 0 fully saturated rings. The number of carbonyl (C=O) groups is 8. The van der Waals surface area contributed by atoms with Crippen LogP contribution >= 0.6 is 0 Å². The molecule has 86 heavy (non-hydrogen) atoms. The highest BCUT2D eigenvalue weighted by Gasteiger charge is 2.30. The van der Waals surface area contributed by atoms with Crippen LogP contribution in [-0.4, -0.2) is 227 Å². The predicted molar refractivity (Wildman–Crippen MR) is 330 cm³/mol. The van der Waals surface area contributed by atoms with E-state index in [4.69, 9.17) is 37.9 Å². The van der Waals surface area contributed by atoms with Gasteiger partial charge < -0.3 is 37.9 Å². The Hall–Kier alpha value is -5.26. The van der Waals surface area contributed by atoms with Crippen LogP contribution in [0.2, 0.25) is 0 Å². The molecule has 0 atom stereocenters. The van der Waals surface area contributed by atoms with Crippen molar-refractivity contribution in [1.29, 1.82) is 0 Å². The van der Waals surface area contributed by atoms with E-state index in [1.165, 1.54) is 0 Å². The molecule has 0 aliphatic heterocycles. The predicted octanol–water partition coefficient (Wildman–Crippen LogP) is 7.23. The number of hydrogen-bond donors (Lipinski definition) is 0. The van der Waals surface area contributed by atoms with Gasteiger partial charge in [-0.05, 0) is 177 Å². The van der Waals surface area contributed by atoms with Crippen LogP contribution in [0.15, 0.2) is 24.3 Å². The van der Waals surface area contributed by atoms with Crippen LogP contribution in [0.25, 0.3) is 0 Å². The highest BCUT2D eigenvalue weighted by atomic mass is 16.6. The van der Waals surface area contributed by atoms with Crippen LogP contribution in [0.5, 0.6) is 0 Å². The lowest BCUT2D eigenvalue weighted by Gasteiger charge is -2.31. The Labute approximate surface area is 515 Å². The molecule has 0 aromatic heterocycles. The Morgan fingerprint density at radius 2 is 0.349 bits per heavy atom. The molecular weight excluding hydrogens is 1110 g/mol. The van der Waals surface area contributed by atoms with Gasteiger partial charge in [-0.25, -0.2) is 0 Å². The number of esters is 8. The second kappa shape index (κ2) is 33.9. The van der Waals surface area contributed by atoms with Gasteiger partial charge >= 0.3 is 47.8 Å². The van der Waals surface area contributed by atoms with Crippen molar-refractivity contribution in [3.8, 4) is 0 Å². The van der Waals surface area contributed by atoms with Crippen LogP contribution < -0.4 is 0 Å². The van der Waals surface area contributed by atoms with E-state index in [9.17, 15) is 38.4 Å². The fourth-order valence-corrected chi connectivity index (χ4v) is 8.24. The van der Waals surface area contributed by atoms with Gasteiger partial charge in [0.1, 0.15) is 44.8 Å². The minimum absolute atomic E-state index is 0.196. The van der Waals surface area contributed by atoms with Crippen molar-refractivity contribution < 1.29 is 76.3 Å². The summed E-state index contributed by atoms with van der Waals surface area (Å²) in [5.74, 6) is -4.14. The molecule has 0 N–H and O–H groups in total. The van der Waals surface area contributed by atoms with Gasteiger partial charge in [-0.2, -0.15) is 0 Å². The van der Waals surface area contributed by atoms with Gasteiger partial charge in [0.2, 0.25) is 0 Å². The molecule has 22 nitrogen and oxygen atoms in total. The first kappa shape index (κ1) is 78.8. The molecule has 0 unspecified atom stereocenters. The van der Waals surface area contributed by atoms with E-state index >= 15 is 0 Å². The second-order valence-corrected chi connectivity index (χ2v) is 29.9. The molecule has 0 aliphatic rings. The molecule has 0 saturated heterocycles. The van der Waals surface area contributed by atoms with E-state index in [1.54, 1.807) is 186 Å². The van der Waals surface area contributed by atoms with Crippen molar-refractivity contribution in [3.63, 3.8) is 0 Å². The van der Waals surface area contributed by atoms with Gasteiger partial charge in [0.05, 0.1) is 52.4 Å². The minimum atomic E-state index is -0.774. The fourth-order valence-electron chi connectivity index (χ4n) is 8.24. The minimum Gasteiger partial charge on any atom is -0.459 e. The second-order valence-electron chi connectivity index (χ2n) is 29.9. The normalized spacial score (nSPS) is 13.1. The molecule has 0 spiro atoms. The Morgan fingerprint density at radius 3 is 0.465 bits per heavy atom. The number of rotatable bonds is 32. The Morgan fingerprint density at radius 1 is 0.233 bits per heavy atom. The summed E-state index contributed by atoms with van der Waals surface area (Å²) >= 11 is 0. The van der Waals surface area contributed by atoms with Crippen molar-refractivity contribution >= 4 is 47.8 Å². The lowest BCUT2D eigenvalue weighted by atomic mass is 10.1. The van der Waals surface area contributed by atoms with Gasteiger partial charge in [-0.15, -0.1) is 0 Å². The van der Waals surface area contributed by atoms with E-state index < -0.39 is 92.6 Å². The number of nitrogens with zero attached hydrogens (tertiary/aromatic N) is 6. The van der Waals surface area contributed by atoms with E-state index in [-0.39, 0.29) is 78.5 Å². The summed E-state index contributed by atoms with van der Waals surface area (Å²) in [4.78, 5) is 117. The monoisotopic (exact) mass is 1220 g/mol. The number of ether oxygens (including phenoxy) is 8. The summed E-state index contributed by atoms with van der Waals surface area (Å²) in [6.07, 6.45) is 0. The summed E-state index contributed by atoms with van der Waals surface area (Å²) < 4.78 is 45.3. The third-order valence-electron chi connectivity index (χ3n) is 10.9. The quantitative estimate of drug-likeness (QED) is 0.0511.